The van der Waals surface area contributed by atoms with E-state index in [9.17, 15) is 13.5 Å². The van der Waals surface area contributed by atoms with Crippen molar-refractivity contribution < 1.29 is 18.3 Å². The Kier molecular flexibility index (Phi) is 4.91. The molecule has 0 amide bonds. The number of benzene rings is 1. The van der Waals surface area contributed by atoms with Crippen LogP contribution < -0.4 is 4.74 Å². The summed E-state index contributed by atoms with van der Waals surface area (Å²) >= 11 is 0. The van der Waals surface area contributed by atoms with E-state index in [1.807, 2.05) is 6.92 Å². The SMILES string of the molecule is CCC1(CO)CCCN(S(=O)(=O)c2ccc(OC)cc2)C1. The predicted octanol–water partition coefficient (Wildman–Crippen LogP) is 1.87. The van der Waals surface area contributed by atoms with E-state index in [1.165, 1.54) is 4.31 Å². The van der Waals surface area contributed by atoms with Crippen molar-refractivity contribution in [3.05, 3.63) is 24.3 Å². The van der Waals surface area contributed by atoms with Crippen molar-refractivity contribution in [3.8, 4) is 5.75 Å². The fourth-order valence-corrected chi connectivity index (χ4v) is 4.39. The number of piperidine rings is 1. The van der Waals surface area contributed by atoms with E-state index in [-0.39, 0.29) is 16.9 Å². The molecule has 1 aromatic carbocycles. The van der Waals surface area contributed by atoms with Crippen molar-refractivity contribution >= 4 is 10.0 Å². The van der Waals surface area contributed by atoms with Gasteiger partial charge in [-0.3, -0.25) is 0 Å². The maximum absolute atomic E-state index is 12.7. The van der Waals surface area contributed by atoms with Crippen molar-refractivity contribution in [3.63, 3.8) is 0 Å². The number of hydrogen-bond donors (Lipinski definition) is 1. The fourth-order valence-electron chi connectivity index (χ4n) is 2.79. The Morgan fingerprint density at radius 3 is 2.52 bits per heavy atom. The molecule has 1 aliphatic rings. The second-order valence-corrected chi connectivity index (χ2v) is 7.57. The average molecular weight is 313 g/mol. The number of methoxy groups -OCH3 is 1. The highest BCUT2D eigenvalue weighted by atomic mass is 32.2. The van der Waals surface area contributed by atoms with E-state index in [1.54, 1.807) is 31.4 Å². The van der Waals surface area contributed by atoms with Gasteiger partial charge >= 0.3 is 0 Å². The molecule has 6 heteroatoms. The van der Waals surface area contributed by atoms with E-state index < -0.39 is 10.0 Å². The van der Waals surface area contributed by atoms with Gasteiger partial charge in [0.05, 0.1) is 12.0 Å². The summed E-state index contributed by atoms with van der Waals surface area (Å²) in [4.78, 5) is 0.271. The molecule has 1 fully saturated rings. The van der Waals surface area contributed by atoms with Crippen molar-refractivity contribution in [2.45, 2.75) is 31.1 Å². The van der Waals surface area contributed by atoms with Crippen LogP contribution in [0.3, 0.4) is 0 Å². The van der Waals surface area contributed by atoms with E-state index >= 15 is 0 Å². The summed E-state index contributed by atoms with van der Waals surface area (Å²) < 4.78 is 32.0. The van der Waals surface area contributed by atoms with Gasteiger partial charge < -0.3 is 9.84 Å². The topological polar surface area (TPSA) is 66.8 Å². The minimum atomic E-state index is -3.51. The highest BCUT2D eigenvalue weighted by Gasteiger charge is 2.38. The third-order valence-electron chi connectivity index (χ3n) is 4.41. The summed E-state index contributed by atoms with van der Waals surface area (Å²) in [5.41, 5.74) is -0.308. The summed E-state index contributed by atoms with van der Waals surface area (Å²) in [5.74, 6) is 0.630. The lowest BCUT2D eigenvalue weighted by molar-refractivity contribution is 0.0609. The van der Waals surface area contributed by atoms with Gasteiger partial charge in [-0.2, -0.15) is 4.31 Å². The number of aliphatic hydroxyl groups excluding tert-OH is 1. The van der Waals surface area contributed by atoms with E-state index in [4.69, 9.17) is 4.74 Å². The van der Waals surface area contributed by atoms with Gasteiger partial charge in [0.1, 0.15) is 5.75 Å². The molecule has 1 aliphatic heterocycles. The second kappa shape index (κ2) is 6.34. The molecular formula is C15H23NO4S. The third kappa shape index (κ3) is 3.22. The number of ether oxygens (including phenoxy) is 1. The Bertz CT molecular complexity index is 564. The van der Waals surface area contributed by atoms with E-state index in [0.717, 1.165) is 19.3 Å². The van der Waals surface area contributed by atoms with Gasteiger partial charge in [-0.25, -0.2) is 8.42 Å². The Labute approximate surface area is 126 Å². The molecule has 0 spiro atoms. The molecule has 0 bridgehead atoms. The lowest BCUT2D eigenvalue weighted by atomic mass is 9.79. The van der Waals surface area contributed by atoms with Gasteiger partial charge in [0, 0.05) is 25.1 Å². The number of hydrogen-bond acceptors (Lipinski definition) is 4. The molecule has 0 aromatic heterocycles. The maximum Gasteiger partial charge on any atom is 0.243 e. The van der Waals surface area contributed by atoms with Crippen LogP contribution in [-0.2, 0) is 10.0 Å². The number of nitrogens with zero attached hydrogens (tertiary/aromatic N) is 1. The Balaban J connectivity index is 2.25. The zero-order valence-corrected chi connectivity index (χ0v) is 13.4. The van der Waals surface area contributed by atoms with Gasteiger partial charge in [-0.15, -0.1) is 0 Å². The first-order chi connectivity index (χ1) is 9.97. The summed E-state index contributed by atoms with van der Waals surface area (Å²) in [5, 5.41) is 9.63. The predicted molar refractivity (Wildman–Crippen MR) is 80.8 cm³/mol. The molecule has 0 aliphatic carbocycles. The molecule has 0 saturated carbocycles. The maximum atomic E-state index is 12.7. The van der Waals surface area contributed by atoms with Crippen LogP contribution in [-0.4, -0.2) is 44.6 Å². The Morgan fingerprint density at radius 1 is 1.33 bits per heavy atom. The lowest BCUT2D eigenvalue weighted by Crippen LogP contribution is -2.47. The normalized spacial score (nSPS) is 24.0. The molecule has 5 nitrogen and oxygen atoms in total. The Hall–Kier alpha value is -1.11. The van der Waals surface area contributed by atoms with Crippen molar-refractivity contribution in [1.82, 2.24) is 4.31 Å². The first-order valence-corrected chi connectivity index (χ1v) is 8.66. The number of rotatable bonds is 5. The molecule has 1 aromatic rings. The molecule has 118 valence electrons. The molecule has 1 atom stereocenters. The highest BCUT2D eigenvalue weighted by molar-refractivity contribution is 7.89. The van der Waals surface area contributed by atoms with E-state index in [2.05, 4.69) is 0 Å². The molecule has 1 saturated heterocycles. The molecule has 1 N–H and O–H groups in total. The van der Waals surface area contributed by atoms with Crippen molar-refractivity contribution in [2.75, 3.05) is 26.8 Å². The molecular weight excluding hydrogens is 290 g/mol. The fraction of sp³-hybridized carbons (Fsp3) is 0.600. The van der Waals surface area contributed by atoms with Crippen LogP contribution in [0.2, 0.25) is 0 Å². The monoisotopic (exact) mass is 313 g/mol. The standard InChI is InChI=1S/C15H23NO4S/c1-3-15(12-17)9-4-10-16(11-15)21(18,19)14-7-5-13(20-2)6-8-14/h5-8,17H,3-4,9-12H2,1-2H3. The van der Waals surface area contributed by atoms with Crippen LogP contribution in [0.25, 0.3) is 0 Å². The summed E-state index contributed by atoms with van der Waals surface area (Å²) in [6, 6.07) is 6.43. The molecule has 1 unspecified atom stereocenters. The van der Waals surface area contributed by atoms with Crippen LogP contribution in [0.15, 0.2) is 29.2 Å². The molecule has 2 rings (SSSR count). The van der Waals surface area contributed by atoms with Gasteiger partial charge in [0.2, 0.25) is 10.0 Å². The van der Waals surface area contributed by atoms with Gasteiger partial charge in [-0.1, -0.05) is 6.92 Å². The van der Waals surface area contributed by atoms with Gasteiger partial charge in [-0.05, 0) is 43.5 Å². The summed E-state index contributed by atoms with van der Waals surface area (Å²) in [6.07, 6.45) is 2.43. The first kappa shape index (κ1) is 16.3. The van der Waals surface area contributed by atoms with Crippen LogP contribution >= 0.6 is 0 Å². The highest BCUT2D eigenvalue weighted by Crippen LogP contribution is 2.35. The summed E-state index contributed by atoms with van der Waals surface area (Å²) in [7, 11) is -1.96. The minimum Gasteiger partial charge on any atom is -0.497 e. The molecule has 1 heterocycles. The molecule has 21 heavy (non-hydrogen) atoms. The second-order valence-electron chi connectivity index (χ2n) is 5.63. The van der Waals surface area contributed by atoms with Crippen LogP contribution in [0.1, 0.15) is 26.2 Å². The van der Waals surface area contributed by atoms with E-state index in [0.29, 0.717) is 18.8 Å². The average Bonchev–Trinajstić information content (AvgIpc) is 2.54. The zero-order valence-electron chi connectivity index (χ0n) is 12.6. The van der Waals surface area contributed by atoms with Crippen LogP contribution in [0, 0.1) is 5.41 Å². The Morgan fingerprint density at radius 2 is 2.00 bits per heavy atom. The van der Waals surface area contributed by atoms with Crippen LogP contribution in [0.4, 0.5) is 0 Å². The lowest BCUT2D eigenvalue weighted by Gasteiger charge is -2.40. The smallest absolute Gasteiger partial charge is 0.243 e. The number of aliphatic hydroxyl groups is 1. The van der Waals surface area contributed by atoms with Crippen LogP contribution in [0.5, 0.6) is 5.75 Å². The zero-order chi connectivity index (χ0) is 15.5. The quantitative estimate of drug-likeness (QED) is 0.901. The first-order valence-electron chi connectivity index (χ1n) is 7.22. The molecule has 0 radical (unpaired) electrons. The third-order valence-corrected chi connectivity index (χ3v) is 6.27. The van der Waals surface area contributed by atoms with Gasteiger partial charge in [0.15, 0.2) is 0 Å². The van der Waals surface area contributed by atoms with Gasteiger partial charge in [0.25, 0.3) is 0 Å². The minimum absolute atomic E-state index is 0.0259. The largest absolute Gasteiger partial charge is 0.497 e. The van der Waals surface area contributed by atoms with Crippen molar-refractivity contribution in [2.24, 2.45) is 5.41 Å². The number of sulfonamides is 1. The summed E-state index contributed by atoms with van der Waals surface area (Å²) in [6.45, 7) is 2.92. The van der Waals surface area contributed by atoms with Crippen molar-refractivity contribution in [1.29, 1.82) is 0 Å².